The molecule has 0 N–H and O–H groups in total. The first kappa shape index (κ1) is 10.7. The summed E-state index contributed by atoms with van der Waals surface area (Å²) in [6.45, 7) is 1.39. The van der Waals surface area contributed by atoms with Crippen molar-refractivity contribution < 1.29 is 14.3 Å². The molecule has 0 radical (unpaired) electrons. The van der Waals surface area contributed by atoms with Gasteiger partial charge in [0.05, 0.1) is 17.7 Å². The summed E-state index contributed by atoms with van der Waals surface area (Å²) in [6, 6.07) is 2.89. The summed E-state index contributed by atoms with van der Waals surface area (Å²) in [5.41, 5.74) is 0.650. The Balaban J connectivity index is 3.37. The molecule has 0 aliphatic heterocycles. The third kappa shape index (κ3) is 1.93. The fraction of sp³-hybridized carbons (Fsp3) is 0.200. The van der Waals surface area contributed by atoms with E-state index >= 15 is 0 Å². The second-order valence-corrected chi connectivity index (χ2v) is 3.16. The van der Waals surface area contributed by atoms with Gasteiger partial charge in [-0.2, -0.15) is 0 Å². The minimum Gasteiger partial charge on any atom is -0.496 e. The van der Waals surface area contributed by atoms with Gasteiger partial charge in [0.15, 0.2) is 12.1 Å². The molecule has 0 heterocycles. The largest absolute Gasteiger partial charge is 0.496 e. The highest BCUT2D eigenvalue weighted by Crippen LogP contribution is 2.26. The number of ketones is 1. The maximum atomic E-state index is 11.1. The van der Waals surface area contributed by atoms with E-state index in [0.717, 1.165) is 0 Å². The van der Waals surface area contributed by atoms with Crippen molar-refractivity contribution in [3.8, 4) is 5.75 Å². The SMILES string of the molecule is COc1cc(Cl)c(C(C)=O)cc1C=O. The highest BCUT2D eigenvalue weighted by molar-refractivity contribution is 6.34. The Labute approximate surface area is 86.6 Å². The molecular weight excluding hydrogens is 204 g/mol. The van der Waals surface area contributed by atoms with E-state index in [2.05, 4.69) is 0 Å². The lowest BCUT2D eigenvalue weighted by Crippen LogP contribution is -1.98. The number of rotatable bonds is 3. The van der Waals surface area contributed by atoms with Gasteiger partial charge in [-0.1, -0.05) is 11.6 Å². The lowest BCUT2D eigenvalue weighted by atomic mass is 10.1. The van der Waals surface area contributed by atoms with E-state index in [1.165, 1.54) is 26.2 Å². The molecule has 1 aromatic rings. The van der Waals surface area contributed by atoms with Crippen LogP contribution in [0.3, 0.4) is 0 Å². The maximum Gasteiger partial charge on any atom is 0.161 e. The number of benzene rings is 1. The van der Waals surface area contributed by atoms with Crippen molar-refractivity contribution in [2.24, 2.45) is 0 Å². The van der Waals surface area contributed by atoms with E-state index in [9.17, 15) is 9.59 Å². The van der Waals surface area contributed by atoms with Crippen molar-refractivity contribution in [1.82, 2.24) is 0 Å². The van der Waals surface area contributed by atoms with Crippen molar-refractivity contribution in [2.75, 3.05) is 7.11 Å². The molecule has 74 valence electrons. The molecule has 1 aromatic carbocycles. The van der Waals surface area contributed by atoms with Crippen molar-refractivity contribution in [3.05, 3.63) is 28.3 Å². The number of methoxy groups -OCH3 is 1. The van der Waals surface area contributed by atoms with E-state index in [1.807, 2.05) is 0 Å². The Hall–Kier alpha value is -1.35. The summed E-state index contributed by atoms with van der Waals surface area (Å²) in [5, 5.41) is 0.292. The summed E-state index contributed by atoms with van der Waals surface area (Å²) in [4.78, 5) is 21.7. The third-order valence-corrected chi connectivity index (χ3v) is 2.14. The molecule has 0 fully saturated rings. The van der Waals surface area contributed by atoms with Crippen LogP contribution in [-0.4, -0.2) is 19.2 Å². The molecule has 0 unspecified atom stereocenters. The number of ether oxygens (including phenoxy) is 1. The van der Waals surface area contributed by atoms with E-state index in [0.29, 0.717) is 28.2 Å². The van der Waals surface area contributed by atoms with Crippen molar-refractivity contribution in [1.29, 1.82) is 0 Å². The Kier molecular flexibility index (Phi) is 3.25. The van der Waals surface area contributed by atoms with Crippen LogP contribution in [0.4, 0.5) is 0 Å². The molecule has 4 heteroatoms. The van der Waals surface area contributed by atoms with E-state index < -0.39 is 0 Å². The maximum absolute atomic E-state index is 11.1. The zero-order valence-corrected chi connectivity index (χ0v) is 8.59. The van der Waals surface area contributed by atoms with Crippen LogP contribution in [0.25, 0.3) is 0 Å². The lowest BCUT2D eigenvalue weighted by Gasteiger charge is -2.06. The number of Topliss-reactive ketones (excluding diaryl/α,β-unsaturated/α-hetero) is 1. The van der Waals surface area contributed by atoms with Crippen molar-refractivity contribution >= 4 is 23.7 Å². The molecule has 0 saturated carbocycles. The molecule has 1 rings (SSSR count). The zero-order chi connectivity index (χ0) is 10.7. The minimum absolute atomic E-state index is 0.180. The van der Waals surface area contributed by atoms with Crippen LogP contribution >= 0.6 is 11.6 Å². The summed E-state index contributed by atoms with van der Waals surface area (Å²) in [6.07, 6.45) is 0.627. The molecule has 0 aliphatic carbocycles. The van der Waals surface area contributed by atoms with Crippen LogP contribution < -0.4 is 4.74 Å². The normalized spacial score (nSPS) is 9.64. The van der Waals surface area contributed by atoms with Gasteiger partial charge < -0.3 is 4.74 Å². The second kappa shape index (κ2) is 4.24. The van der Waals surface area contributed by atoms with Gasteiger partial charge in [0.2, 0.25) is 0 Å². The van der Waals surface area contributed by atoms with Gasteiger partial charge in [-0.05, 0) is 13.0 Å². The molecule has 0 saturated heterocycles. The topological polar surface area (TPSA) is 43.4 Å². The van der Waals surface area contributed by atoms with Crippen molar-refractivity contribution in [3.63, 3.8) is 0 Å². The monoisotopic (exact) mass is 212 g/mol. The first-order valence-electron chi connectivity index (χ1n) is 3.93. The molecule has 0 amide bonds. The highest BCUT2D eigenvalue weighted by atomic mass is 35.5. The standard InChI is InChI=1S/C10H9ClO3/c1-6(13)8-3-7(5-12)10(14-2)4-9(8)11/h3-5H,1-2H3. The molecule has 0 spiro atoms. The first-order valence-corrected chi connectivity index (χ1v) is 4.31. The minimum atomic E-state index is -0.180. The Morgan fingerprint density at radius 1 is 1.50 bits per heavy atom. The second-order valence-electron chi connectivity index (χ2n) is 2.75. The van der Waals surface area contributed by atoms with Gasteiger partial charge in [-0.3, -0.25) is 9.59 Å². The van der Waals surface area contributed by atoms with Gasteiger partial charge in [0, 0.05) is 11.6 Å². The fourth-order valence-electron chi connectivity index (χ4n) is 1.11. The predicted octanol–water partition coefficient (Wildman–Crippen LogP) is 2.36. The average molecular weight is 213 g/mol. The van der Waals surface area contributed by atoms with Gasteiger partial charge in [-0.25, -0.2) is 0 Å². The molecule has 0 atom stereocenters. The number of carbonyl (C=O) groups is 2. The molecular formula is C10H9ClO3. The van der Waals surface area contributed by atoms with Crippen LogP contribution in [0.2, 0.25) is 5.02 Å². The number of halogens is 1. The number of carbonyl (C=O) groups excluding carboxylic acids is 2. The lowest BCUT2D eigenvalue weighted by molar-refractivity contribution is 0.101. The number of hydrogen-bond donors (Lipinski definition) is 0. The predicted molar refractivity (Wildman–Crippen MR) is 53.4 cm³/mol. The summed E-state index contributed by atoms with van der Waals surface area (Å²) in [5.74, 6) is 0.191. The van der Waals surface area contributed by atoms with E-state index in [1.54, 1.807) is 0 Å². The third-order valence-electron chi connectivity index (χ3n) is 1.83. The van der Waals surface area contributed by atoms with E-state index in [-0.39, 0.29) is 5.78 Å². The summed E-state index contributed by atoms with van der Waals surface area (Å²) >= 11 is 5.82. The van der Waals surface area contributed by atoms with Crippen molar-refractivity contribution in [2.45, 2.75) is 6.92 Å². The van der Waals surface area contributed by atoms with E-state index in [4.69, 9.17) is 16.3 Å². The number of aldehydes is 1. The van der Waals surface area contributed by atoms with Crippen LogP contribution in [0.1, 0.15) is 27.6 Å². The molecule has 0 aliphatic rings. The van der Waals surface area contributed by atoms with Gasteiger partial charge in [-0.15, -0.1) is 0 Å². The summed E-state index contributed by atoms with van der Waals surface area (Å²) in [7, 11) is 1.44. The quantitative estimate of drug-likeness (QED) is 0.571. The van der Waals surface area contributed by atoms with Crippen LogP contribution in [0, 0.1) is 0 Å². The first-order chi connectivity index (χ1) is 6.60. The van der Waals surface area contributed by atoms with Gasteiger partial charge in [0.25, 0.3) is 0 Å². The Morgan fingerprint density at radius 3 is 2.57 bits per heavy atom. The van der Waals surface area contributed by atoms with Crippen LogP contribution in [0.15, 0.2) is 12.1 Å². The molecule has 0 bridgehead atoms. The average Bonchev–Trinajstić information content (AvgIpc) is 2.16. The fourth-order valence-corrected chi connectivity index (χ4v) is 1.40. The molecule has 3 nitrogen and oxygen atoms in total. The Morgan fingerprint density at radius 2 is 2.14 bits per heavy atom. The zero-order valence-electron chi connectivity index (χ0n) is 7.83. The van der Waals surface area contributed by atoms with Gasteiger partial charge >= 0.3 is 0 Å². The Bertz CT molecular complexity index is 385. The highest BCUT2D eigenvalue weighted by Gasteiger charge is 2.11. The smallest absolute Gasteiger partial charge is 0.161 e. The van der Waals surface area contributed by atoms with Crippen LogP contribution in [-0.2, 0) is 0 Å². The summed E-state index contributed by atoms with van der Waals surface area (Å²) < 4.78 is 4.92. The van der Waals surface area contributed by atoms with Gasteiger partial charge in [0.1, 0.15) is 5.75 Å². The van der Waals surface area contributed by atoms with Crippen LogP contribution in [0.5, 0.6) is 5.75 Å². The number of hydrogen-bond acceptors (Lipinski definition) is 3. The molecule has 14 heavy (non-hydrogen) atoms. The molecule has 0 aromatic heterocycles.